The molecule has 1 aliphatic carbocycles. The van der Waals surface area contributed by atoms with Crippen LogP contribution in [-0.2, 0) is 24.2 Å². The van der Waals surface area contributed by atoms with Crippen LogP contribution in [0.25, 0.3) is 16.8 Å². The fourth-order valence-corrected chi connectivity index (χ4v) is 4.76. The van der Waals surface area contributed by atoms with Crippen molar-refractivity contribution in [3.63, 3.8) is 0 Å². The minimum atomic E-state index is -0.289. The van der Waals surface area contributed by atoms with Crippen LogP contribution in [0.15, 0.2) is 48.4 Å². The Hall–Kier alpha value is -3.28. The quantitative estimate of drug-likeness (QED) is 0.493. The number of aliphatic hydroxyl groups is 1. The van der Waals surface area contributed by atoms with Crippen LogP contribution in [0.5, 0.6) is 0 Å². The van der Waals surface area contributed by atoms with E-state index in [-0.39, 0.29) is 23.3 Å². The zero-order valence-electron chi connectivity index (χ0n) is 19.4. The highest BCUT2D eigenvalue weighted by Crippen LogP contribution is 2.37. The lowest BCUT2D eigenvalue weighted by atomic mass is 9.79. The maximum absolute atomic E-state index is 13.2. The largest absolute Gasteiger partial charge is 0.512 e. The summed E-state index contributed by atoms with van der Waals surface area (Å²) in [6.07, 6.45) is 5.08. The maximum Gasteiger partial charge on any atom is 0.167 e. The van der Waals surface area contributed by atoms with E-state index in [9.17, 15) is 14.3 Å². The zero-order chi connectivity index (χ0) is 23.5. The highest BCUT2D eigenvalue weighted by Gasteiger charge is 2.30. The minimum Gasteiger partial charge on any atom is -0.512 e. The number of carbonyl (C=O) groups excluding carboxylic acids is 1. The molecule has 0 fully saturated rings. The van der Waals surface area contributed by atoms with Gasteiger partial charge in [-0.15, -0.1) is 5.10 Å². The Morgan fingerprint density at radius 3 is 2.36 bits per heavy atom. The first-order chi connectivity index (χ1) is 15.9. The zero-order valence-corrected chi connectivity index (χ0v) is 19.4. The second kappa shape index (κ2) is 9.69. The van der Waals surface area contributed by atoms with Gasteiger partial charge in [0.1, 0.15) is 17.3 Å². The molecule has 6 heteroatoms. The summed E-state index contributed by atoms with van der Waals surface area (Å²) in [5, 5.41) is 19.3. The molecule has 0 bridgehead atoms. The van der Waals surface area contributed by atoms with Gasteiger partial charge in [-0.1, -0.05) is 36.8 Å². The summed E-state index contributed by atoms with van der Waals surface area (Å²) in [6.45, 7) is 6.84. The maximum atomic E-state index is 13.2. The van der Waals surface area contributed by atoms with Gasteiger partial charge in [0.15, 0.2) is 5.78 Å². The standard InChI is InChI=1S/C27H30FN3O2/c1-4-19-12-17(3)13-20(5-2)26(19)27-24(32)14-18(15-25(27)33)10-11-31-16-23(29-30-31)21-6-8-22(28)9-7-21/h6-9,12-13,16,18,32H,4-5,10-11,14-15H2,1-3H3. The van der Waals surface area contributed by atoms with E-state index in [2.05, 4.69) is 43.2 Å². The van der Waals surface area contributed by atoms with Crippen molar-refractivity contribution in [2.75, 3.05) is 0 Å². The van der Waals surface area contributed by atoms with Gasteiger partial charge < -0.3 is 5.11 Å². The minimum absolute atomic E-state index is 0.0163. The SMILES string of the molecule is CCc1cc(C)cc(CC)c1C1=C(O)CC(CCn2cc(-c3ccc(F)cc3)nn2)CC1=O. The Morgan fingerprint density at radius 2 is 1.76 bits per heavy atom. The van der Waals surface area contributed by atoms with Crippen LogP contribution in [-0.4, -0.2) is 25.9 Å². The van der Waals surface area contributed by atoms with E-state index < -0.39 is 0 Å². The molecule has 0 saturated heterocycles. The molecule has 0 amide bonds. The third-order valence-corrected chi connectivity index (χ3v) is 6.43. The molecule has 0 spiro atoms. The van der Waals surface area contributed by atoms with E-state index in [1.165, 1.54) is 17.7 Å². The summed E-state index contributed by atoms with van der Waals surface area (Å²) in [7, 11) is 0. The molecule has 0 saturated carbocycles. The molecule has 5 nitrogen and oxygen atoms in total. The summed E-state index contributed by atoms with van der Waals surface area (Å²) >= 11 is 0. The normalized spacial score (nSPS) is 16.5. The van der Waals surface area contributed by atoms with Gasteiger partial charge in [0.05, 0.1) is 11.8 Å². The molecule has 1 aliphatic rings. The Labute approximate surface area is 194 Å². The third-order valence-electron chi connectivity index (χ3n) is 6.43. The van der Waals surface area contributed by atoms with Crippen LogP contribution in [0.4, 0.5) is 4.39 Å². The monoisotopic (exact) mass is 447 g/mol. The second-order valence-electron chi connectivity index (χ2n) is 8.85. The van der Waals surface area contributed by atoms with Gasteiger partial charge in [-0.05, 0) is 73.1 Å². The Kier molecular flexibility index (Phi) is 6.72. The average Bonchev–Trinajstić information content (AvgIpc) is 3.27. The lowest BCUT2D eigenvalue weighted by Crippen LogP contribution is -2.21. The molecule has 1 N–H and O–H groups in total. The van der Waals surface area contributed by atoms with E-state index in [4.69, 9.17) is 0 Å². The van der Waals surface area contributed by atoms with Crippen molar-refractivity contribution < 1.29 is 14.3 Å². The van der Waals surface area contributed by atoms with Crippen LogP contribution in [0, 0.1) is 18.7 Å². The van der Waals surface area contributed by atoms with Crippen molar-refractivity contribution in [1.29, 1.82) is 0 Å². The van der Waals surface area contributed by atoms with E-state index in [1.54, 1.807) is 16.8 Å². The smallest absolute Gasteiger partial charge is 0.167 e. The number of allylic oxidation sites excluding steroid dienone is 2. The van der Waals surface area contributed by atoms with Crippen LogP contribution < -0.4 is 0 Å². The third kappa shape index (κ3) is 4.90. The predicted molar refractivity (Wildman–Crippen MR) is 127 cm³/mol. The number of nitrogens with zero attached hydrogens (tertiary/aromatic N) is 3. The van der Waals surface area contributed by atoms with E-state index in [0.29, 0.717) is 37.1 Å². The number of Topliss-reactive ketones (excluding diaryl/α,β-unsaturated/α-hetero) is 1. The van der Waals surface area contributed by atoms with Crippen molar-refractivity contribution in [3.05, 3.63) is 76.4 Å². The second-order valence-corrected chi connectivity index (χ2v) is 8.85. The van der Waals surface area contributed by atoms with Gasteiger partial charge in [-0.2, -0.15) is 0 Å². The number of aliphatic hydroxyl groups excluding tert-OH is 1. The first-order valence-corrected chi connectivity index (χ1v) is 11.6. The fraction of sp³-hybridized carbons (Fsp3) is 0.370. The summed E-state index contributed by atoms with van der Waals surface area (Å²) < 4.78 is 14.9. The summed E-state index contributed by atoms with van der Waals surface area (Å²) in [4.78, 5) is 13.2. The molecule has 0 radical (unpaired) electrons. The van der Waals surface area contributed by atoms with E-state index in [1.807, 2.05) is 6.20 Å². The highest BCUT2D eigenvalue weighted by molar-refractivity contribution is 6.22. The Balaban J connectivity index is 1.49. The number of aromatic nitrogens is 3. The Morgan fingerprint density at radius 1 is 1.09 bits per heavy atom. The number of hydrogen-bond acceptors (Lipinski definition) is 4. The number of rotatable bonds is 7. The van der Waals surface area contributed by atoms with Crippen molar-refractivity contribution in [2.24, 2.45) is 5.92 Å². The molecular weight excluding hydrogens is 417 g/mol. The average molecular weight is 448 g/mol. The van der Waals surface area contributed by atoms with Gasteiger partial charge >= 0.3 is 0 Å². The van der Waals surface area contributed by atoms with Gasteiger partial charge in [-0.3, -0.25) is 9.48 Å². The molecular formula is C27H30FN3O2. The van der Waals surface area contributed by atoms with Crippen molar-refractivity contribution >= 4 is 11.4 Å². The van der Waals surface area contributed by atoms with Crippen molar-refractivity contribution in [1.82, 2.24) is 15.0 Å². The number of aryl methyl sites for hydroxylation is 4. The Bertz CT molecular complexity index is 1170. The molecule has 3 aromatic rings. The van der Waals surface area contributed by atoms with Gasteiger partial charge in [0, 0.05) is 24.9 Å². The summed E-state index contributed by atoms with van der Waals surface area (Å²) in [5.41, 5.74) is 6.36. The number of ketones is 1. The highest BCUT2D eigenvalue weighted by atomic mass is 19.1. The summed E-state index contributed by atoms with van der Waals surface area (Å²) in [5.74, 6) is -0.0129. The number of hydrogen-bond donors (Lipinski definition) is 1. The van der Waals surface area contributed by atoms with Crippen molar-refractivity contribution in [3.8, 4) is 11.3 Å². The van der Waals surface area contributed by atoms with Crippen LogP contribution in [0.1, 0.15) is 55.4 Å². The fourth-order valence-electron chi connectivity index (χ4n) is 4.76. The van der Waals surface area contributed by atoms with Crippen LogP contribution in [0.2, 0.25) is 0 Å². The van der Waals surface area contributed by atoms with E-state index in [0.717, 1.165) is 35.1 Å². The first-order valence-electron chi connectivity index (χ1n) is 11.6. The first kappa shape index (κ1) is 22.9. The van der Waals surface area contributed by atoms with E-state index >= 15 is 0 Å². The molecule has 172 valence electrons. The number of benzene rings is 2. The lowest BCUT2D eigenvalue weighted by Gasteiger charge is -2.26. The molecule has 4 rings (SSSR count). The van der Waals surface area contributed by atoms with Crippen LogP contribution in [0.3, 0.4) is 0 Å². The molecule has 1 aromatic heterocycles. The summed E-state index contributed by atoms with van der Waals surface area (Å²) in [6, 6.07) is 10.4. The predicted octanol–water partition coefficient (Wildman–Crippen LogP) is 5.86. The molecule has 1 atom stereocenters. The molecule has 1 heterocycles. The van der Waals surface area contributed by atoms with Gasteiger partial charge in [0.2, 0.25) is 0 Å². The van der Waals surface area contributed by atoms with Crippen LogP contribution >= 0.6 is 0 Å². The number of carbonyl (C=O) groups is 1. The van der Waals surface area contributed by atoms with Gasteiger partial charge in [0.25, 0.3) is 0 Å². The molecule has 2 aromatic carbocycles. The van der Waals surface area contributed by atoms with Crippen molar-refractivity contribution in [2.45, 2.75) is 59.4 Å². The molecule has 0 aliphatic heterocycles. The molecule has 1 unspecified atom stereocenters. The topological polar surface area (TPSA) is 68.0 Å². The lowest BCUT2D eigenvalue weighted by molar-refractivity contribution is -0.115. The van der Waals surface area contributed by atoms with Gasteiger partial charge in [-0.25, -0.2) is 4.39 Å². The number of halogens is 1. The molecule has 33 heavy (non-hydrogen) atoms.